The van der Waals surface area contributed by atoms with Crippen molar-refractivity contribution in [3.63, 3.8) is 0 Å². The Labute approximate surface area is 146 Å². The van der Waals surface area contributed by atoms with Crippen LogP contribution in [0.25, 0.3) is 0 Å². The second-order valence-electron chi connectivity index (χ2n) is 7.51. The van der Waals surface area contributed by atoms with Gasteiger partial charge in [0.25, 0.3) is 0 Å². The third kappa shape index (κ3) is 3.13. The van der Waals surface area contributed by atoms with Crippen LogP contribution in [-0.2, 0) is 23.9 Å². The highest BCUT2D eigenvalue weighted by molar-refractivity contribution is 5.99. The van der Waals surface area contributed by atoms with Crippen LogP contribution in [0, 0.1) is 5.92 Å². The monoisotopic (exact) mass is 351 g/mol. The second kappa shape index (κ2) is 6.57. The van der Waals surface area contributed by atoms with Crippen molar-refractivity contribution in [2.45, 2.75) is 49.9 Å². The minimum Gasteiger partial charge on any atom is -0.376 e. The molecule has 0 spiro atoms. The molecule has 4 rings (SSSR count). The number of rotatable bonds is 6. The highest BCUT2D eigenvalue weighted by Crippen LogP contribution is 2.35. The van der Waals surface area contributed by atoms with E-state index in [-0.39, 0.29) is 36.5 Å². The number of fused-ring (bicyclic) bond motifs is 2. The van der Waals surface area contributed by atoms with E-state index in [9.17, 15) is 14.4 Å². The van der Waals surface area contributed by atoms with Gasteiger partial charge in [0, 0.05) is 33.2 Å². The van der Waals surface area contributed by atoms with Gasteiger partial charge in [0.1, 0.15) is 18.7 Å². The molecule has 1 N–H and O–H groups in total. The van der Waals surface area contributed by atoms with Crippen molar-refractivity contribution in [2.24, 2.45) is 5.92 Å². The number of nitrogens with zero attached hydrogens (tertiary/aromatic N) is 2. The molecule has 0 aromatic carbocycles. The van der Waals surface area contributed by atoms with E-state index in [0.717, 1.165) is 6.61 Å². The summed E-state index contributed by atoms with van der Waals surface area (Å²) in [5.74, 6) is 0.323. The number of carbonyl (C=O) groups is 3. The van der Waals surface area contributed by atoms with E-state index in [0.29, 0.717) is 31.8 Å². The largest absolute Gasteiger partial charge is 0.376 e. The molecule has 8 nitrogen and oxygen atoms in total. The highest BCUT2D eigenvalue weighted by atomic mass is 16.5. The Balaban J connectivity index is 1.43. The minimum absolute atomic E-state index is 0.00869. The quantitative estimate of drug-likeness (QED) is 0.672. The van der Waals surface area contributed by atoms with Crippen LogP contribution in [0.5, 0.6) is 0 Å². The first-order valence-corrected chi connectivity index (χ1v) is 9.09. The third-order valence-corrected chi connectivity index (χ3v) is 5.65. The zero-order valence-corrected chi connectivity index (χ0v) is 14.5. The van der Waals surface area contributed by atoms with Crippen LogP contribution >= 0.6 is 0 Å². The molecule has 3 heterocycles. The summed E-state index contributed by atoms with van der Waals surface area (Å²) in [6.07, 6.45) is 3.56. The van der Waals surface area contributed by atoms with Crippen molar-refractivity contribution in [2.75, 3.05) is 33.4 Å². The van der Waals surface area contributed by atoms with E-state index in [1.54, 1.807) is 9.80 Å². The van der Waals surface area contributed by atoms with Gasteiger partial charge in [0.2, 0.25) is 17.7 Å². The molecular formula is C17H25N3O5. The minimum atomic E-state index is -0.591. The molecule has 8 heteroatoms. The third-order valence-electron chi connectivity index (χ3n) is 5.65. The normalized spacial score (nSPS) is 34.3. The number of methoxy groups -OCH3 is 1. The van der Waals surface area contributed by atoms with Crippen molar-refractivity contribution in [3.05, 3.63) is 0 Å². The molecule has 25 heavy (non-hydrogen) atoms. The molecule has 4 atom stereocenters. The number of piperazine rings is 1. The van der Waals surface area contributed by atoms with E-state index < -0.39 is 12.1 Å². The molecule has 1 aliphatic carbocycles. The standard InChI is InChI=1S/C17H25N3O5/c1-24-9-14(21)18-12-4-5-19-15(12)17(23)20-7-11(6-13(20)16(19)22)25-8-10-2-3-10/h10-13,15H,2-9H2,1H3,(H,18,21). The predicted octanol–water partition coefficient (Wildman–Crippen LogP) is -0.872. The van der Waals surface area contributed by atoms with Crippen LogP contribution in [0.15, 0.2) is 0 Å². The zero-order chi connectivity index (χ0) is 17.6. The molecule has 138 valence electrons. The lowest BCUT2D eigenvalue weighted by atomic mass is 10.0. The van der Waals surface area contributed by atoms with Crippen molar-refractivity contribution < 1.29 is 23.9 Å². The van der Waals surface area contributed by atoms with Crippen molar-refractivity contribution >= 4 is 17.7 Å². The Morgan fingerprint density at radius 3 is 2.72 bits per heavy atom. The number of hydrogen-bond donors (Lipinski definition) is 1. The number of carbonyl (C=O) groups excluding carboxylic acids is 3. The smallest absolute Gasteiger partial charge is 0.248 e. The van der Waals surface area contributed by atoms with Gasteiger partial charge in [0.05, 0.1) is 12.1 Å². The first kappa shape index (κ1) is 16.8. The van der Waals surface area contributed by atoms with E-state index in [1.165, 1.54) is 20.0 Å². The average molecular weight is 351 g/mol. The summed E-state index contributed by atoms with van der Waals surface area (Å²) < 4.78 is 10.7. The van der Waals surface area contributed by atoms with Gasteiger partial charge in [-0.15, -0.1) is 0 Å². The lowest BCUT2D eigenvalue weighted by molar-refractivity contribution is -0.157. The van der Waals surface area contributed by atoms with Crippen LogP contribution in [0.4, 0.5) is 0 Å². The van der Waals surface area contributed by atoms with Gasteiger partial charge in [-0.2, -0.15) is 0 Å². The van der Waals surface area contributed by atoms with Gasteiger partial charge in [-0.25, -0.2) is 0 Å². The Morgan fingerprint density at radius 1 is 1.20 bits per heavy atom. The van der Waals surface area contributed by atoms with Crippen molar-refractivity contribution in [1.29, 1.82) is 0 Å². The lowest BCUT2D eigenvalue weighted by Gasteiger charge is -2.40. The second-order valence-corrected chi connectivity index (χ2v) is 7.51. The number of hydrogen-bond acceptors (Lipinski definition) is 5. The van der Waals surface area contributed by atoms with Gasteiger partial charge in [-0.3, -0.25) is 14.4 Å². The maximum absolute atomic E-state index is 13.0. The molecular weight excluding hydrogens is 326 g/mol. The zero-order valence-electron chi connectivity index (χ0n) is 14.5. The van der Waals surface area contributed by atoms with Gasteiger partial charge in [0.15, 0.2) is 0 Å². The van der Waals surface area contributed by atoms with Gasteiger partial charge in [-0.05, 0) is 25.2 Å². The summed E-state index contributed by atoms with van der Waals surface area (Å²) in [5, 5.41) is 2.83. The molecule has 1 saturated carbocycles. The maximum Gasteiger partial charge on any atom is 0.248 e. The number of ether oxygens (including phenoxy) is 2. The SMILES string of the molecule is COCC(=O)NC1CCN2C(=O)C3CC(OCC4CC4)CN3C(=O)C12. The average Bonchev–Trinajstić information content (AvgIpc) is 3.16. The maximum atomic E-state index is 13.0. The Morgan fingerprint density at radius 2 is 2.00 bits per heavy atom. The van der Waals surface area contributed by atoms with Crippen LogP contribution in [0.1, 0.15) is 25.7 Å². The summed E-state index contributed by atoms with van der Waals surface area (Å²) >= 11 is 0. The molecule has 4 aliphatic rings. The van der Waals surface area contributed by atoms with Crippen molar-refractivity contribution in [3.8, 4) is 0 Å². The molecule has 3 amide bonds. The van der Waals surface area contributed by atoms with Crippen LogP contribution in [-0.4, -0.2) is 85.2 Å². The van der Waals surface area contributed by atoms with Crippen LogP contribution in [0.2, 0.25) is 0 Å². The summed E-state index contributed by atoms with van der Waals surface area (Å²) in [6, 6.07) is -1.33. The van der Waals surface area contributed by atoms with E-state index in [4.69, 9.17) is 9.47 Å². The van der Waals surface area contributed by atoms with E-state index >= 15 is 0 Å². The Kier molecular flexibility index (Phi) is 4.41. The molecule has 3 saturated heterocycles. The number of amides is 3. The summed E-state index contributed by atoms with van der Waals surface area (Å²) in [7, 11) is 1.45. The predicted molar refractivity (Wildman–Crippen MR) is 86.5 cm³/mol. The van der Waals surface area contributed by atoms with Gasteiger partial charge < -0.3 is 24.6 Å². The molecule has 3 aliphatic heterocycles. The molecule has 4 fully saturated rings. The molecule has 4 unspecified atom stereocenters. The Bertz CT molecular complexity index is 579. The summed E-state index contributed by atoms with van der Waals surface area (Å²) in [5.41, 5.74) is 0. The fourth-order valence-electron chi connectivity index (χ4n) is 4.19. The summed E-state index contributed by atoms with van der Waals surface area (Å²) in [4.78, 5) is 40.9. The Hall–Kier alpha value is -1.67. The van der Waals surface area contributed by atoms with Gasteiger partial charge in [-0.1, -0.05) is 0 Å². The summed E-state index contributed by atoms with van der Waals surface area (Å²) in [6.45, 7) is 1.67. The lowest BCUT2D eigenvalue weighted by Crippen LogP contribution is -2.64. The van der Waals surface area contributed by atoms with Gasteiger partial charge >= 0.3 is 0 Å². The van der Waals surface area contributed by atoms with E-state index in [1.807, 2.05) is 0 Å². The van der Waals surface area contributed by atoms with Crippen molar-refractivity contribution in [1.82, 2.24) is 15.1 Å². The number of nitrogens with one attached hydrogen (secondary N) is 1. The molecule has 0 bridgehead atoms. The van der Waals surface area contributed by atoms with Crippen LogP contribution in [0.3, 0.4) is 0 Å². The van der Waals surface area contributed by atoms with Crippen LogP contribution < -0.4 is 5.32 Å². The molecule has 0 radical (unpaired) electrons. The first-order chi connectivity index (χ1) is 12.1. The fraction of sp³-hybridized carbons (Fsp3) is 0.824. The molecule has 0 aromatic rings. The van der Waals surface area contributed by atoms with E-state index in [2.05, 4.69) is 5.32 Å². The fourth-order valence-corrected chi connectivity index (χ4v) is 4.19. The first-order valence-electron chi connectivity index (χ1n) is 9.09. The molecule has 0 aromatic heterocycles. The topological polar surface area (TPSA) is 88.2 Å². The highest BCUT2D eigenvalue weighted by Gasteiger charge is 2.55.